The number of esters is 3. The van der Waals surface area contributed by atoms with Gasteiger partial charge in [-0.2, -0.15) is 0 Å². The molecule has 0 spiro atoms. The number of cyclic esters (lactones) is 1. The molecular weight excluding hydrogens is 456 g/mol. The summed E-state index contributed by atoms with van der Waals surface area (Å²) in [6.07, 6.45) is 1.69. The molecule has 2 saturated carbocycles. The van der Waals surface area contributed by atoms with Crippen LogP contribution in [0.5, 0.6) is 0 Å². The minimum Gasteiger partial charge on any atom is -0.469 e. The van der Waals surface area contributed by atoms with Crippen LogP contribution < -0.4 is 5.32 Å². The molecule has 1 amide bonds. The van der Waals surface area contributed by atoms with E-state index in [1.165, 1.54) is 20.2 Å². The Bertz CT molecular complexity index is 1060. The Labute approximate surface area is 203 Å². The average Bonchev–Trinajstić information content (AvgIpc) is 2.80. The van der Waals surface area contributed by atoms with E-state index in [9.17, 15) is 24.0 Å². The Morgan fingerprint density at radius 2 is 1.94 bits per heavy atom. The van der Waals surface area contributed by atoms with Crippen molar-refractivity contribution in [1.29, 1.82) is 0 Å². The molecule has 4 rings (SSSR count). The third-order valence-corrected chi connectivity index (χ3v) is 8.12. The molecule has 7 atom stereocenters. The van der Waals surface area contributed by atoms with Gasteiger partial charge in [0.2, 0.25) is 0 Å². The van der Waals surface area contributed by atoms with Crippen molar-refractivity contribution in [3.05, 3.63) is 24.5 Å². The Morgan fingerprint density at radius 3 is 2.57 bits per heavy atom. The van der Waals surface area contributed by atoms with E-state index in [0.717, 1.165) is 0 Å². The lowest BCUT2D eigenvalue weighted by Gasteiger charge is -2.60. The fourth-order valence-corrected chi connectivity index (χ4v) is 6.63. The minimum atomic E-state index is -1.13. The first-order valence-corrected chi connectivity index (χ1v) is 11.7. The van der Waals surface area contributed by atoms with Crippen LogP contribution in [0.2, 0.25) is 0 Å². The highest BCUT2D eigenvalue weighted by Gasteiger charge is 2.68. The van der Waals surface area contributed by atoms with Crippen molar-refractivity contribution in [3.63, 3.8) is 0 Å². The van der Waals surface area contributed by atoms with Crippen molar-refractivity contribution in [3.8, 4) is 0 Å². The van der Waals surface area contributed by atoms with Crippen LogP contribution >= 0.6 is 0 Å². The molecule has 188 valence electrons. The zero-order chi connectivity index (χ0) is 25.5. The van der Waals surface area contributed by atoms with E-state index in [1.807, 2.05) is 6.92 Å². The zero-order valence-corrected chi connectivity index (χ0v) is 20.2. The molecule has 35 heavy (non-hydrogen) atoms. The maximum Gasteiger partial charge on any atom is 0.310 e. The standard InChI is InChI=1S/C25H30N2O8/c1-13(28)34-17-10-16(22(31)33-4)24(2)8-7-15-23(32)35-18(11-25(15,3)20(24)19(17)29)21(30)27-14-6-5-9-26-12-14/h5-6,9,12,15-18,20H,7-8,10-11H2,1-4H3,(H,27,30)/t15-,16-,17-,18-,20-,24-,25-/m0/s1. The number of amides is 1. The molecule has 10 nitrogen and oxygen atoms in total. The van der Waals surface area contributed by atoms with E-state index in [0.29, 0.717) is 18.5 Å². The molecule has 3 fully saturated rings. The van der Waals surface area contributed by atoms with Gasteiger partial charge in [0.15, 0.2) is 18.0 Å². The number of fused-ring (bicyclic) bond motifs is 3. The van der Waals surface area contributed by atoms with Crippen LogP contribution in [-0.2, 0) is 38.2 Å². The summed E-state index contributed by atoms with van der Waals surface area (Å²) in [5.41, 5.74) is -1.39. The topological polar surface area (TPSA) is 138 Å². The van der Waals surface area contributed by atoms with E-state index in [1.54, 1.807) is 25.3 Å². The predicted octanol–water partition coefficient (Wildman–Crippen LogP) is 2.07. The first-order valence-electron chi connectivity index (χ1n) is 11.7. The fraction of sp³-hybridized carbons (Fsp3) is 0.600. The van der Waals surface area contributed by atoms with Crippen LogP contribution in [0.1, 0.15) is 46.5 Å². The Morgan fingerprint density at radius 1 is 1.20 bits per heavy atom. The highest BCUT2D eigenvalue weighted by Crippen LogP contribution is 2.64. The number of rotatable bonds is 4. The summed E-state index contributed by atoms with van der Waals surface area (Å²) in [4.78, 5) is 68.5. The van der Waals surface area contributed by atoms with Gasteiger partial charge >= 0.3 is 17.9 Å². The lowest BCUT2D eigenvalue weighted by molar-refractivity contribution is -0.209. The first kappa shape index (κ1) is 24.8. The number of carbonyl (C=O) groups excluding carboxylic acids is 5. The number of anilines is 1. The largest absolute Gasteiger partial charge is 0.469 e. The molecule has 1 N–H and O–H groups in total. The Balaban J connectivity index is 1.71. The number of Topliss-reactive ketones (excluding diaryl/α,β-unsaturated/α-hetero) is 1. The fourth-order valence-electron chi connectivity index (χ4n) is 6.63. The SMILES string of the molecule is COC(=O)[C@@H]1C[C@H](OC(C)=O)C(=O)[C@H]2[C@@]1(C)CC[C@H]1C(=O)O[C@H](C(=O)Nc3cccnc3)C[C@]21C. The van der Waals surface area contributed by atoms with E-state index in [-0.39, 0.29) is 18.6 Å². The van der Waals surface area contributed by atoms with E-state index >= 15 is 0 Å². The molecule has 1 aliphatic heterocycles. The number of ether oxygens (including phenoxy) is 3. The molecule has 2 heterocycles. The van der Waals surface area contributed by atoms with Crippen molar-refractivity contribution >= 4 is 35.3 Å². The second-order valence-electron chi connectivity index (χ2n) is 10.2. The third kappa shape index (κ3) is 4.19. The van der Waals surface area contributed by atoms with Crippen LogP contribution in [0.3, 0.4) is 0 Å². The monoisotopic (exact) mass is 486 g/mol. The predicted molar refractivity (Wildman–Crippen MR) is 120 cm³/mol. The molecular formula is C25H30N2O8. The zero-order valence-electron chi connectivity index (χ0n) is 20.2. The number of pyridine rings is 1. The van der Waals surface area contributed by atoms with Gasteiger partial charge in [0.1, 0.15) is 0 Å². The van der Waals surface area contributed by atoms with Crippen molar-refractivity contribution in [2.75, 3.05) is 12.4 Å². The van der Waals surface area contributed by atoms with Crippen LogP contribution in [-0.4, -0.2) is 53.9 Å². The minimum absolute atomic E-state index is 0.0220. The van der Waals surface area contributed by atoms with Gasteiger partial charge in [-0.1, -0.05) is 13.8 Å². The maximum atomic E-state index is 13.8. The second kappa shape index (κ2) is 9.05. The summed E-state index contributed by atoms with van der Waals surface area (Å²) in [6, 6.07) is 3.32. The lowest BCUT2D eigenvalue weighted by Crippen LogP contribution is -2.66. The quantitative estimate of drug-likeness (QED) is 0.500. The molecule has 1 aromatic rings. The first-order chi connectivity index (χ1) is 16.5. The second-order valence-corrected chi connectivity index (χ2v) is 10.2. The van der Waals surface area contributed by atoms with E-state index < -0.39 is 64.6 Å². The van der Waals surface area contributed by atoms with Crippen molar-refractivity contribution in [2.45, 2.75) is 58.7 Å². The van der Waals surface area contributed by atoms with Gasteiger partial charge in [0.05, 0.1) is 30.8 Å². The molecule has 0 aromatic carbocycles. The Hall–Kier alpha value is -3.30. The molecule has 0 radical (unpaired) electrons. The number of nitrogens with one attached hydrogen (secondary N) is 1. The summed E-state index contributed by atoms with van der Waals surface area (Å²) in [7, 11) is 1.28. The highest BCUT2D eigenvalue weighted by molar-refractivity contribution is 5.97. The smallest absolute Gasteiger partial charge is 0.310 e. The van der Waals surface area contributed by atoms with Crippen molar-refractivity contribution in [2.24, 2.45) is 28.6 Å². The molecule has 0 bridgehead atoms. The van der Waals surface area contributed by atoms with Crippen molar-refractivity contribution in [1.82, 2.24) is 4.98 Å². The molecule has 3 aliphatic rings. The third-order valence-electron chi connectivity index (χ3n) is 8.12. The van der Waals surface area contributed by atoms with Gasteiger partial charge in [-0.15, -0.1) is 0 Å². The van der Waals surface area contributed by atoms with Gasteiger partial charge < -0.3 is 19.5 Å². The number of hydrogen-bond acceptors (Lipinski definition) is 9. The highest BCUT2D eigenvalue weighted by atomic mass is 16.6. The Kier molecular flexibility index (Phi) is 6.42. The van der Waals surface area contributed by atoms with Crippen LogP contribution in [0.25, 0.3) is 0 Å². The summed E-state index contributed by atoms with van der Waals surface area (Å²) < 4.78 is 15.9. The number of hydrogen-bond donors (Lipinski definition) is 1. The van der Waals surface area contributed by atoms with Crippen LogP contribution in [0.15, 0.2) is 24.5 Å². The lowest BCUT2D eigenvalue weighted by atomic mass is 9.43. The molecule has 0 unspecified atom stereocenters. The molecule has 10 heteroatoms. The van der Waals surface area contributed by atoms with Gasteiger partial charge in [0, 0.05) is 31.9 Å². The van der Waals surface area contributed by atoms with Gasteiger partial charge in [-0.05, 0) is 35.8 Å². The number of carbonyl (C=O) groups is 5. The summed E-state index contributed by atoms with van der Waals surface area (Å²) in [5, 5.41) is 2.70. The summed E-state index contributed by atoms with van der Waals surface area (Å²) in [5.74, 6) is -4.71. The van der Waals surface area contributed by atoms with Crippen LogP contribution in [0, 0.1) is 28.6 Å². The maximum absolute atomic E-state index is 13.8. The van der Waals surface area contributed by atoms with E-state index in [2.05, 4.69) is 10.3 Å². The van der Waals surface area contributed by atoms with Gasteiger partial charge in [-0.3, -0.25) is 29.0 Å². The van der Waals surface area contributed by atoms with Crippen LogP contribution in [0.4, 0.5) is 5.69 Å². The number of methoxy groups -OCH3 is 1. The van der Waals surface area contributed by atoms with Crippen molar-refractivity contribution < 1.29 is 38.2 Å². The average molecular weight is 487 g/mol. The molecule has 2 aliphatic carbocycles. The van der Waals surface area contributed by atoms with Gasteiger partial charge in [0.25, 0.3) is 5.91 Å². The van der Waals surface area contributed by atoms with Gasteiger partial charge in [-0.25, -0.2) is 0 Å². The number of aromatic nitrogens is 1. The number of ketones is 1. The van der Waals surface area contributed by atoms with E-state index in [4.69, 9.17) is 14.2 Å². The summed E-state index contributed by atoms with van der Waals surface area (Å²) >= 11 is 0. The summed E-state index contributed by atoms with van der Waals surface area (Å²) in [6.45, 7) is 4.86. The number of nitrogens with zero attached hydrogens (tertiary/aromatic N) is 1. The normalized spacial score (nSPS) is 36.2. The molecule has 1 aromatic heterocycles. The molecule has 1 saturated heterocycles.